The van der Waals surface area contributed by atoms with Gasteiger partial charge in [0.05, 0.1) is 0 Å². The topological polar surface area (TPSA) is 72.8 Å². The Morgan fingerprint density at radius 3 is 2.94 bits per heavy atom. The first-order chi connectivity index (χ1) is 7.50. The summed E-state index contributed by atoms with van der Waals surface area (Å²) in [5.74, 6) is -1.17. The van der Waals surface area contributed by atoms with Crippen LogP contribution in [0.3, 0.4) is 0 Å². The van der Waals surface area contributed by atoms with Crippen molar-refractivity contribution in [2.24, 2.45) is 0 Å². The van der Waals surface area contributed by atoms with Crippen molar-refractivity contribution < 1.29 is 15.0 Å². The minimum Gasteiger partial charge on any atom is -0.479 e. The fourth-order valence-corrected chi connectivity index (χ4v) is 2.73. The van der Waals surface area contributed by atoms with Gasteiger partial charge in [-0.3, -0.25) is 4.90 Å². The first-order valence-electron chi connectivity index (χ1n) is 5.94. The molecular formula is C11H20N2O3. The summed E-state index contributed by atoms with van der Waals surface area (Å²) >= 11 is 0. The van der Waals surface area contributed by atoms with Crippen molar-refractivity contribution in [2.75, 3.05) is 19.6 Å². The van der Waals surface area contributed by atoms with E-state index in [1.807, 2.05) is 0 Å². The van der Waals surface area contributed by atoms with Crippen LogP contribution in [0.25, 0.3) is 0 Å². The number of nitrogens with zero attached hydrogens (tertiary/aromatic N) is 1. The van der Waals surface area contributed by atoms with Crippen LogP contribution >= 0.6 is 0 Å². The summed E-state index contributed by atoms with van der Waals surface area (Å²) < 4.78 is 0. The second-order valence-corrected chi connectivity index (χ2v) is 5.10. The Kier molecular flexibility index (Phi) is 3.19. The van der Waals surface area contributed by atoms with E-state index < -0.39 is 11.6 Å². The molecule has 0 aliphatic carbocycles. The van der Waals surface area contributed by atoms with Crippen molar-refractivity contribution in [3.63, 3.8) is 0 Å². The number of carboxylic acid groups (broad SMARTS) is 1. The molecule has 2 aliphatic rings. The summed E-state index contributed by atoms with van der Waals surface area (Å²) in [4.78, 5) is 13.2. The van der Waals surface area contributed by atoms with Gasteiger partial charge in [0.15, 0.2) is 5.60 Å². The lowest BCUT2D eigenvalue weighted by Crippen LogP contribution is -2.50. The van der Waals surface area contributed by atoms with Crippen LogP contribution in [0, 0.1) is 0 Å². The number of hydrogen-bond acceptors (Lipinski definition) is 4. The fraction of sp³-hybridized carbons (Fsp3) is 0.909. The highest BCUT2D eigenvalue weighted by molar-refractivity contribution is 5.76. The zero-order valence-electron chi connectivity index (χ0n) is 9.65. The standard InChI is InChI=1S/C11H20N2O3/c1-11(16,10(14)15)7-12-8-4-6-13-5-2-3-9(8)13/h8-9,12,16H,2-7H2,1H3,(H,14,15). The van der Waals surface area contributed by atoms with E-state index in [2.05, 4.69) is 10.2 Å². The number of fused-ring (bicyclic) bond motifs is 1. The van der Waals surface area contributed by atoms with Gasteiger partial charge in [0.2, 0.25) is 0 Å². The molecule has 0 saturated carbocycles. The van der Waals surface area contributed by atoms with Crippen LogP contribution in [-0.4, -0.2) is 58.4 Å². The molecule has 0 radical (unpaired) electrons. The maximum Gasteiger partial charge on any atom is 0.336 e. The molecule has 3 unspecified atom stereocenters. The largest absolute Gasteiger partial charge is 0.479 e. The van der Waals surface area contributed by atoms with E-state index in [9.17, 15) is 9.90 Å². The zero-order valence-corrected chi connectivity index (χ0v) is 9.65. The van der Waals surface area contributed by atoms with Crippen LogP contribution in [0.15, 0.2) is 0 Å². The number of aliphatic hydroxyl groups is 1. The van der Waals surface area contributed by atoms with E-state index in [-0.39, 0.29) is 6.54 Å². The first-order valence-corrected chi connectivity index (χ1v) is 5.94. The fourth-order valence-electron chi connectivity index (χ4n) is 2.73. The number of nitrogens with one attached hydrogen (secondary N) is 1. The second kappa shape index (κ2) is 4.31. The Balaban J connectivity index is 1.84. The molecule has 5 heteroatoms. The van der Waals surface area contributed by atoms with Gasteiger partial charge in [0, 0.05) is 25.2 Å². The molecule has 2 heterocycles. The van der Waals surface area contributed by atoms with E-state index >= 15 is 0 Å². The molecule has 0 aromatic rings. The van der Waals surface area contributed by atoms with E-state index in [1.165, 1.54) is 19.8 Å². The van der Waals surface area contributed by atoms with Crippen molar-refractivity contribution in [3.05, 3.63) is 0 Å². The van der Waals surface area contributed by atoms with Gasteiger partial charge in [0.25, 0.3) is 0 Å². The first kappa shape index (κ1) is 11.8. The maximum atomic E-state index is 10.8. The molecule has 2 fully saturated rings. The van der Waals surface area contributed by atoms with Gasteiger partial charge in [-0.25, -0.2) is 4.79 Å². The van der Waals surface area contributed by atoms with Gasteiger partial charge < -0.3 is 15.5 Å². The molecule has 0 bridgehead atoms. The van der Waals surface area contributed by atoms with Gasteiger partial charge in [-0.15, -0.1) is 0 Å². The van der Waals surface area contributed by atoms with Crippen molar-refractivity contribution in [2.45, 2.75) is 43.9 Å². The SMILES string of the molecule is CC(O)(CNC1CCN2CCCC12)C(=O)O. The number of carboxylic acids is 1. The monoisotopic (exact) mass is 228 g/mol. The lowest BCUT2D eigenvalue weighted by Gasteiger charge is -2.25. The maximum absolute atomic E-state index is 10.8. The summed E-state index contributed by atoms with van der Waals surface area (Å²) in [6, 6.07) is 0.887. The van der Waals surface area contributed by atoms with Crippen molar-refractivity contribution in [3.8, 4) is 0 Å². The molecule has 3 atom stereocenters. The molecule has 2 rings (SSSR count). The average molecular weight is 228 g/mol. The van der Waals surface area contributed by atoms with Crippen molar-refractivity contribution >= 4 is 5.97 Å². The normalized spacial score (nSPS) is 33.6. The Labute approximate surface area is 95.4 Å². The molecule has 2 aliphatic heterocycles. The van der Waals surface area contributed by atoms with E-state index in [0.717, 1.165) is 19.5 Å². The smallest absolute Gasteiger partial charge is 0.336 e. The Morgan fingerprint density at radius 2 is 2.25 bits per heavy atom. The summed E-state index contributed by atoms with van der Waals surface area (Å²) in [5, 5.41) is 21.6. The highest BCUT2D eigenvalue weighted by Gasteiger charge is 2.38. The predicted molar refractivity (Wildman–Crippen MR) is 59.3 cm³/mol. The highest BCUT2D eigenvalue weighted by atomic mass is 16.4. The summed E-state index contributed by atoms with van der Waals surface area (Å²) in [7, 11) is 0. The van der Waals surface area contributed by atoms with Gasteiger partial charge in [0.1, 0.15) is 0 Å². The Bertz CT molecular complexity index is 280. The number of aliphatic carboxylic acids is 1. The van der Waals surface area contributed by atoms with E-state index in [1.54, 1.807) is 0 Å². The molecule has 0 aromatic carbocycles. The Morgan fingerprint density at radius 1 is 1.50 bits per heavy atom. The number of carbonyl (C=O) groups is 1. The van der Waals surface area contributed by atoms with Crippen LogP contribution in [-0.2, 0) is 4.79 Å². The predicted octanol–water partition coefficient (Wildman–Crippen LogP) is -0.352. The average Bonchev–Trinajstić information content (AvgIpc) is 2.76. The molecular weight excluding hydrogens is 208 g/mol. The zero-order chi connectivity index (χ0) is 11.8. The summed E-state index contributed by atoms with van der Waals surface area (Å²) in [6.45, 7) is 3.72. The minimum absolute atomic E-state index is 0.122. The van der Waals surface area contributed by atoms with E-state index in [4.69, 9.17) is 5.11 Å². The van der Waals surface area contributed by atoms with Crippen LogP contribution in [0.5, 0.6) is 0 Å². The Hall–Kier alpha value is -0.650. The van der Waals surface area contributed by atoms with Gasteiger partial charge >= 0.3 is 5.97 Å². The molecule has 3 N–H and O–H groups in total. The van der Waals surface area contributed by atoms with Crippen molar-refractivity contribution in [1.29, 1.82) is 0 Å². The van der Waals surface area contributed by atoms with Gasteiger partial charge in [-0.05, 0) is 32.7 Å². The van der Waals surface area contributed by atoms with E-state index in [0.29, 0.717) is 12.1 Å². The third-order valence-electron chi connectivity index (χ3n) is 3.78. The summed E-state index contributed by atoms with van der Waals surface area (Å²) in [6.07, 6.45) is 3.48. The second-order valence-electron chi connectivity index (χ2n) is 5.10. The quantitative estimate of drug-likeness (QED) is 0.613. The van der Waals surface area contributed by atoms with Crippen LogP contribution < -0.4 is 5.32 Å². The third kappa shape index (κ3) is 2.21. The minimum atomic E-state index is -1.66. The van der Waals surface area contributed by atoms with Gasteiger partial charge in [-0.1, -0.05) is 0 Å². The molecule has 5 nitrogen and oxygen atoms in total. The molecule has 0 aromatic heterocycles. The lowest BCUT2D eigenvalue weighted by molar-refractivity contribution is -0.156. The van der Waals surface area contributed by atoms with Crippen LogP contribution in [0.2, 0.25) is 0 Å². The highest BCUT2D eigenvalue weighted by Crippen LogP contribution is 2.27. The number of hydrogen-bond donors (Lipinski definition) is 3. The molecule has 16 heavy (non-hydrogen) atoms. The lowest BCUT2D eigenvalue weighted by atomic mass is 10.0. The van der Waals surface area contributed by atoms with Crippen LogP contribution in [0.1, 0.15) is 26.2 Å². The van der Waals surface area contributed by atoms with Gasteiger partial charge in [-0.2, -0.15) is 0 Å². The summed E-state index contributed by atoms with van der Waals surface area (Å²) in [5.41, 5.74) is -1.66. The van der Waals surface area contributed by atoms with Crippen molar-refractivity contribution in [1.82, 2.24) is 10.2 Å². The molecule has 0 spiro atoms. The van der Waals surface area contributed by atoms with Crippen LogP contribution in [0.4, 0.5) is 0 Å². The molecule has 92 valence electrons. The molecule has 0 amide bonds. The third-order valence-corrected chi connectivity index (χ3v) is 3.78. The number of rotatable bonds is 4. The molecule has 2 saturated heterocycles.